The van der Waals surface area contributed by atoms with E-state index in [9.17, 15) is 8.78 Å². The van der Waals surface area contributed by atoms with Gasteiger partial charge in [-0.2, -0.15) is 26.3 Å². The molecular weight excluding hydrogens is 562 g/mol. The Balaban J connectivity index is 1.60. The number of aliphatic imine (C=N–C) groups is 2. The molecule has 6 rings (SSSR count). The van der Waals surface area contributed by atoms with Crippen LogP contribution >= 0.6 is 23.5 Å². The van der Waals surface area contributed by atoms with Crippen molar-refractivity contribution in [2.75, 3.05) is 14.2 Å². The Morgan fingerprint density at radius 3 is 1.23 bits per heavy atom. The average Bonchev–Trinajstić information content (AvgIpc) is 3.48. The quantitative estimate of drug-likeness (QED) is 0.354. The van der Waals surface area contributed by atoms with Gasteiger partial charge in [-0.1, -0.05) is 23.5 Å². The molecule has 12 heteroatoms. The van der Waals surface area contributed by atoms with E-state index in [1.54, 1.807) is 62.4 Å². The minimum Gasteiger partial charge on any atom is -0.497 e. The van der Waals surface area contributed by atoms with Crippen LogP contribution in [-0.4, -0.2) is 51.6 Å². The molecule has 4 nitrogen and oxygen atoms in total. The third-order valence-electron chi connectivity index (χ3n) is 7.66. The second-order valence-corrected chi connectivity index (χ2v) is 12.5. The van der Waals surface area contributed by atoms with Gasteiger partial charge in [0, 0.05) is 11.1 Å². The molecule has 2 aliphatic carbocycles. The Bertz CT molecular complexity index is 1420. The van der Waals surface area contributed by atoms with Gasteiger partial charge in [0.05, 0.1) is 46.3 Å². The van der Waals surface area contributed by atoms with E-state index in [-0.39, 0.29) is 10.1 Å². The maximum Gasteiger partial charge on any atom is 0.380 e. The summed E-state index contributed by atoms with van der Waals surface area (Å²) in [6.07, 6.45) is 0. The smallest absolute Gasteiger partial charge is 0.380 e. The highest BCUT2D eigenvalue weighted by atomic mass is 32.2. The Labute approximate surface area is 228 Å². The highest BCUT2D eigenvalue weighted by Crippen LogP contribution is 2.73. The summed E-state index contributed by atoms with van der Waals surface area (Å²) in [4.78, 5) is 8.72. The molecule has 0 amide bonds. The summed E-state index contributed by atoms with van der Waals surface area (Å²) in [5, 5.41) is 0.495. The molecule has 0 aromatic heterocycles. The van der Waals surface area contributed by atoms with Crippen LogP contribution in [0, 0.1) is 0 Å². The van der Waals surface area contributed by atoms with E-state index in [1.165, 1.54) is 14.2 Å². The van der Waals surface area contributed by atoms with Crippen LogP contribution in [0.5, 0.6) is 11.5 Å². The van der Waals surface area contributed by atoms with Crippen molar-refractivity contribution in [2.24, 2.45) is 9.98 Å². The zero-order chi connectivity index (χ0) is 28.2. The molecule has 1 fully saturated rings. The summed E-state index contributed by atoms with van der Waals surface area (Å²) in [7, 11) is 2.96. The largest absolute Gasteiger partial charge is 0.497 e. The van der Waals surface area contributed by atoms with Gasteiger partial charge in [0.2, 0.25) is 0 Å². The fourth-order valence-electron chi connectivity index (χ4n) is 5.25. The fraction of sp³-hybridized carbons (Fsp3) is 0.333. The number of hydrogen-bond acceptors (Lipinski definition) is 6. The lowest BCUT2D eigenvalue weighted by molar-refractivity contribution is -0.258. The van der Waals surface area contributed by atoms with Gasteiger partial charge in [-0.15, -0.1) is 0 Å². The SMILES string of the molecule is COc1ccc(C2=NC3=C4C(=C5N=C(c6ccc(OC)cc6)SC5(C)C3(C)S2)C(F)(F)C(F)(F)C4(F)F)cc1. The van der Waals surface area contributed by atoms with E-state index in [1.807, 2.05) is 0 Å². The Morgan fingerprint density at radius 2 is 0.923 bits per heavy atom. The molecule has 0 saturated heterocycles. The van der Waals surface area contributed by atoms with Gasteiger partial charge < -0.3 is 9.47 Å². The fourth-order valence-corrected chi connectivity index (χ4v) is 8.13. The number of fused-ring (bicyclic) bond motifs is 4. The van der Waals surface area contributed by atoms with Gasteiger partial charge in [0.1, 0.15) is 21.6 Å². The first-order valence-electron chi connectivity index (χ1n) is 11.7. The Morgan fingerprint density at radius 1 is 0.590 bits per heavy atom. The van der Waals surface area contributed by atoms with Crippen LogP contribution < -0.4 is 9.47 Å². The minimum absolute atomic E-state index is 0.248. The number of hydrogen-bond donors (Lipinski definition) is 0. The average molecular weight is 583 g/mol. The van der Waals surface area contributed by atoms with Crippen molar-refractivity contribution in [1.29, 1.82) is 0 Å². The summed E-state index contributed by atoms with van der Waals surface area (Å²) in [6, 6.07) is 13.1. The molecule has 0 bridgehead atoms. The molecule has 0 radical (unpaired) electrons. The highest BCUT2D eigenvalue weighted by Gasteiger charge is 2.85. The van der Waals surface area contributed by atoms with E-state index < -0.39 is 49.8 Å². The summed E-state index contributed by atoms with van der Waals surface area (Å²) >= 11 is 2.14. The lowest BCUT2D eigenvalue weighted by Crippen LogP contribution is -2.49. The molecular formula is C27H20F6N2O2S2. The molecule has 2 heterocycles. The number of alkyl halides is 6. The van der Waals surface area contributed by atoms with E-state index in [2.05, 4.69) is 9.98 Å². The maximum absolute atomic E-state index is 15.4. The van der Waals surface area contributed by atoms with Crippen molar-refractivity contribution in [2.45, 2.75) is 41.1 Å². The third-order valence-corrected chi connectivity index (χ3v) is 10.8. The predicted molar refractivity (Wildman–Crippen MR) is 140 cm³/mol. The Kier molecular flexibility index (Phi) is 5.47. The van der Waals surface area contributed by atoms with Crippen molar-refractivity contribution in [1.82, 2.24) is 0 Å². The van der Waals surface area contributed by atoms with Crippen LogP contribution in [0.25, 0.3) is 0 Å². The molecule has 2 unspecified atom stereocenters. The van der Waals surface area contributed by atoms with Gasteiger partial charge in [-0.05, 0) is 62.4 Å². The van der Waals surface area contributed by atoms with Gasteiger partial charge in [-0.25, -0.2) is 9.98 Å². The molecule has 2 aromatic carbocycles. The van der Waals surface area contributed by atoms with Crippen LogP contribution in [0.3, 0.4) is 0 Å². The molecule has 2 aromatic rings. The molecule has 204 valence electrons. The number of ether oxygens (including phenoxy) is 2. The Hall–Kier alpha value is -2.86. The molecule has 0 spiro atoms. The van der Waals surface area contributed by atoms with Crippen molar-refractivity contribution in [3.8, 4) is 11.5 Å². The zero-order valence-electron chi connectivity index (χ0n) is 20.9. The minimum atomic E-state index is -5.66. The number of benzene rings is 2. The second-order valence-electron chi connectivity index (χ2n) is 9.73. The lowest BCUT2D eigenvalue weighted by atomic mass is 9.77. The molecule has 2 aliphatic heterocycles. The first-order chi connectivity index (χ1) is 18.2. The van der Waals surface area contributed by atoms with Crippen LogP contribution in [-0.2, 0) is 0 Å². The van der Waals surface area contributed by atoms with Gasteiger partial charge >= 0.3 is 17.8 Å². The molecule has 1 saturated carbocycles. The van der Waals surface area contributed by atoms with Crippen molar-refractivity contribution in [3.05, 3.63) is 82.2 Å². The molecule has 2 atom stereocenters. The molecule has 0 N–H and O–H groups in total. The van der Waals surface area contributed by atoms with Crippen molar-refractivity contribution < 1.29 is 35.8 Å². The first-order valence-corrected chi connectivity index (χ1v) is 13.3. The standard InChI is InChI=1S/C27H20F6N2O2S2/c1-23-19(34-21(38-23)13-5-9-15(36-3)10-6-13)17-18(26(30,31)27(32,33)25(17,28)29)20-24(23,2)39-22(35-20)14-7-11-16(37-4)12-8-14/h5-12H,1-4H3. The number of thioether (sulfide) groups is 2. The van der Waals surface area contributed by atoms with Crippen LogP contribution in [0.15, 0.2) is 81.1 Å². The van der Waals surface area contributed by atoms with E-state index >= 15 is 17.6 Å². The van der Waals surface area contributed by atoms with Gasteiger partial charge in [0.25, 0.3) is 0 Å². The number of allylic oxidation sites excluding steroid dienone is 2. The van der Waals surface area contributed by atoms with Crippen LogP contribution in [0.4, 0.5) is 26.3 Å². The van der Waals surface area contributed by atoms with Crippen molar-refractivity contribution >= 4 is 33.6 Å². The van der Waals surface area contributed by atoms with E-state index in [4.69, 9.17) is 9.47 Å². The van der Waals surface area contributed by atoms with Gasteiger partial charge in [0.15, 0.2) is 0 Å². The predicted octanol–water partition coefficient (Wildman–Crippen LogP) is 7.35. The zero-order valence-corrected chi connectivity index (χ0v) is 22.5. The topological polar surface area (TPSA) is 43.2 Å². The summed E-state index contributed by atoms with van der Waals surface area (Å²) < 4.78 is 98.8. The monoisotopic (exact) mass is 582 g/mol. The summed E-state index contributed by atoms with van der Waals surface area (Å²) in [5.74, 6) is -14.9. The number of halogens is 6. The highest BCUT2D eigenvalue weighted by molar-refractivity contribution is 8.20. The third kappa shape index (κ3) is 3.18. The molecule has 4 aliphatic rings. The summed E-state index contributed by atoms with van der Waals surface area (Å²) in [6.45, 7) is 3.14. The molecule has 39 heavy (non-hydrogen) atoms. The number of nitrogens with zero attached hydrogens (tertiary/aromatic N) is 2. The number of methoxy groups -OCH3 is 2. The van der Waals surface area contributed by atoms with E-state index in [0.717, 1.165) is 23.5 Å². The van der Waals surface area contributed by atoms with Crippen molar-refractivity contribution in [3.63, 3.8) is 0 Å². The maximum atomic E-state index is 15.4. The lowest BCUT2D eigenvalue weighted by Gasteiger charge is -2.44. The van der Waals surface area contributed by atoms with Crippen LogP contribution in [0.2, 0.25) is 0 Å². The second kappa shape index (κ2) is 8.09. The first kappa shape index (κ1) is 26.4. The van der Waals surface area contributed by atoms with Gasteiger partial charge in [-0.3, -0.25) is 0 Å². The normalized spacial score (nSPS) is 29.5. The number of rotatable bonds is 4. The van der Waals surface area contributed by atoms with Crippen LogP contribution in [0.1, 0.15) is 25.0 Å². The van der Waals surface area contributed by atoms with E-state index in [0.29, 0.717) is 22.6 Å². The summed E-state index contributed by atoms with van der Waals surface area (Å²) in [5.41, 5.74) is -2.83.